The molecule has 15 nitrogen and oxygen atoms in total. The van der Waals surface area contributed by atoms with Crippen LogP contribution in [-0.4, -0.2) is 154 Å². The Morgan fingerprint density at radius 3 is 1.96 bits per heavy atom. The third kappa shape index (κ3) is 6.55. The average molecular weight is 811 g/mol. The molecule has 0 aromatic rings. The van der Waals surface area contributed by atoms with Gasteiger partial charge in [0.1, 0.15) is 18.3 Å². The predicted molar refractivity (Wildman–Crippen MR) is 198 cm³/mol. The van der Waals surface area contributed by atoms with Crippen molar-refractivity contribution in [2.24, 2.45) is 28.6 Å². The third-order valence-corrected chi connectivity index (χ3v) is 16.0. The molecule has 8 fully saturated rings. The van der Waals surface area contributed by atoms with Gasteiger partial charge in [0.2, 0.25) is 0 Å². The minimum Gasteiger partial charge on any atom is -0.390 e. The first kappa shape index (κ1) is 41.5. The van der Waals surface area contributed by atoms with Crippen LogP contribution in [0.25, 0.3) is 0 Å². The van der Waals surface area contributed by atoms with Crippen LogP contribution in [0.4, 0.5) is 0 Å². The zero-order valence-corrected chi connectivity index (χ0v) is 34.8. The van der Waals surface area contributed by atoms with Crippen LogP contribution < -0.4 is 0 Å². The molecule has 22 atom stereocenters. The molecule has 9 aliphatic rings. The molecule has 9 rings (SSSR count). The van der Waals surface area contributed by atoms with Gasteiger partial charge in [0.15, 0.2) is 30.4 Å². The standard InChI is InChI=1S/C42H66O15/c1-20-35(44)28(46-6)14-33(51-20)55-37-22(3)53-34(16-30(37)48-8)56-36-21(2)52-32(15-29(36)47-7)54-27-13-23-9-10-25-24(39(23,4)17-26(27)43)11-12-41-19-50-40(5)38(41)31(18-49-40)57-42(25,41)45/h9,20-22,24-38,43-45H,10-19H2,1-8H3/t20-,21-,22+,24+,25-,26-,27-,28+,29+,30-,31-,32+,33+,34+,35-,36-,37-,38-,39+,40-,41+,42-/m1/s1. The van der Waals surface area contributed by atoms with E-state index in [0.717, 1.165) is 12.8 Å². The first-order valence-corrected chi connectivity index (χ1v) is 21.4. The number of allylic oxidation sites excluding steroid dienone is 1. The highest BCUT2D eigenvalue weighted by Gasteiger charge is 2.80. The lowest BCUT2D eigenvalue weighted by Gasteiger charge is -2.60. The van der Waals surface area contributed by atoms with Crippen molar-refractivity contribution in [3.63, 3.8) is 0 Å². The van der Waals surface area contributed by atoms with Crippen LogP contribution in [0.2, 0.25) is 0 Å². The van der Waals surface area contributed by atoms with Crippen LogP contribution in [-0.2, 0) is 56.8 Å². The van der Waals surface area contributed by atoms with E-state index in [4.69, 9.17) is 56.8 Å². The van der Waals surface area contributed by atoms with Crippen LogP contribution in [0.15, 0.2) is 11.6 Å². The third-order valence-electron chi connectivity index (χ3n) is 16.0. The second kappa shape index (κ2) is 15.2. The van der Waals surface area contributed by atoms with Gasteiger partial charge in [-0.3, -0.25) is 0 Å². The summed E-state index contributed by atoms with van der Waals surface area (Å²) >= 11 is 0. The van der Waals surface area contributed by atoms with Crippen molar-refractivity contribution in [3.8, 4) is 0 Å². The van der Waals surface area contributed by atoms with Crippen molar-refractivity contribution in [2.75, 3.05) is 34.5 Å². The molecule has 0 unspecified atom stereocenters. The number of ether oxygens (including phenoxy) is 12. The highest BCUT2D eigenvalue weighted by Crippen LogP contribution is 2.72. The summed E-state index contributed by atoms with van der Waals surface area (Å²) in [5, 5.41) is 34.7. The van der Waals surface area contributed by atoms with Crippen LogP contribution in [0.5, 0.6) is 0 Å². The Morgan fingerprint density at radius 1 is 0.737 bits per heavy atom. The fourth-order valence-electron chi connectivity index (χ4n) is 13.0. The molecule has 3 aliphatic carbocycles. The van der Waals surface area contributed by atoms with E-state index in [2.05, 4.69) is 13.0 Å². The summed E-state index contributed by atoms with van der Waals surface area (Å²) in [6, 6.07) is 0. The number of fused-ring (bicyclic) bond motifs is 4. The first-order chi connectivity index (χ1) is 27.2. The van der Waals surface area contributed by atoms with Crippen LogP contribution in [0, 0.1) is 28.6 Å². The molecule has 0 bridgehead atoms. The van der Waals surface area contributed by atoms with Crippen molar-refractivity contribution >= 4 is 0 Å². The fraction of sp³-hybridized carbons (Fsp3) is 0.952. The highest BCUT2D eigenvalue weighted by atomic mass is 16.8. The predicted octanol–water partition coefficient (Wildman–Crippen LogP) is 2.94. The number of hydrogen-bond donors (Lipinski definition) is 3. The summed E-state index contributed by atoms with van der Waals surface area (Å²) in [5.41, 5.74) is 0.499. The molecule has 6 heterocycles. The molecule has 57 heavy (non-hydrogen) atoms. The summed E-state index contributed by atoms with van der Waals surface area (Å²) in [6.45, 7) is 10.8. The van der Waals surface area contributed by atoms with Crippen molar-refractivity contribution in [1.82, 2.24) is 0 Å². The maximum atomic E-state index is 12.5. The molecule has 15 heteroatoms. The molecular weight excluding hydrogens is 744 g/mol. The van der Waals surface area contributed by atoms with Crippen molar-refractivity contribution in [1.29, 1.82) is 0 Å². The van der Waals surface area contributed by atoms with E-state index in [0.29, 0.717) is 51.7 Å². The SMILES string of the molecule is CO[C@H]1C[C@H](O[C@@H]2[C@H](C)O[C@@H](O[C@H]3[C@@H](OC)C[C@H](O[C@@H]4CC5=CC[C@@H]6[C@H](CC[C@@]78CO[C@@]9(C)OC[C@@H](O[C@]67O)[C@H]98)[C@@]5(C)C[C@H]4O)O[C@@H]3C)C[C@H]2OC)O[C@H](C)[C@H]1O. The molecule has 324 valence electrons. The minimum atomic E-state index is -1.29. The lowest BCUT2D eigenvalue weighted by atomic mass is 9.47. The number of aliphatic hydroxyl groups excluding tert-OH is 2. The summed E-state index contributed by atoms with van der Waals surface area (Å²) in [6.07, 6.45) is 0.0420. The van der Waals surface area contributed by atoms with Gasteiger partial charge in [0, 0.05) is 46.5 Å². The average Bonchev–Trinajstić information content (AvgIpc) is 3.77. The lowest BCUT2D eigenvalue weighted by molar-refractivity contribution is -0.340. The highest BCUT2D eigenvalue weighted by molar-refractivity contribution is 5.30. The normalized spacial score (nSPS) is 57.1. The van der Waals surface area contributed by atoms with Crippen molar-refractivity contribution in [3.05, 3.63) is 11.6 Å². The van der Waals surface area contributed by atoms with Gasteiger partial charge in [0.25, 0.3) is 0 Å². The van der Waals surface area contributed by atoms with Gasteiger partial charge in [-0.25, -0.2) is 0 Å². The zero-order chi connectivity index (χ0) is 40.2. The Balaban J connectivity index is 0.817. The van der Waals surface area contributed by atoms with Gasteiger partial charge in [-0.1, -0.05) is 18.6 Å². The lowest BCUT2D eigenvalue weighted by Crippen LogP contribution is -2.63. The molecular formula is C42H66O15. The van der Waals surface area contributed by atoms with E-state index in [1.165, 1.54) is 5.57 Å². The monoisotopic (exact) mass is 810 g/mol. The number of methoxy groups -OCH3 is 3. The van der Waals surface area contributed by atoms with Gasteiger partial charge in [-0.15, -0.1) is 0 Å². The minimum absolute atomic E-state index is 0.0172. The summed E-state index contributed by atoms with van der Waals surface area (Å²) < 4.78 is 74.6. The molecule has 6 saturated heterocycles. The number of aliphatic hydroxyl groups is 3. The molecule has 3 N–H and O–H groups in total. The Kier molecular flexibility index (Phi) is 11.1. The van der Waals surface area contributed by atoms with E-state index >= 15 is 0 Å². The van der Waals surface area contributed by atoms with Crippen LogP contribution in [0.1, 0.15) is 86.0 Å². The van der Waals surface area contributed by atoms with Crippen molar-refractivity contribution < 1.29 is 72.2 Å². The maximum Gasteiger partial charge on any atom is 0.177 e. The number of rotatable bonds is 9. The fourth-order valence-corrected chi connectivity index (χ4v) is 13.0. The van der Waals surface area contributed by atoms with Gasteiger partial charge in [-0.05, 0) is 71.1 Å². The molecule has 0 radical (unpaired) electrons. The Bertz CT molecular complexity index is 1500. The summed E-state index contributed by atoms with van der Waals surface area (Å²) in [4.78, 5) is 0. The van der Waals surface area contributed by atoms with E-state index in [1.807, 2.05) is 20.8 Å². The second-order valence-corrected chi connectivity index (χ2v) is 18.9. The molecule has 2 saturated carbocycles. The molecule has 0 aromatic carbocycles. The topological polar surface area (TPSA) is 171 Å². The van der Waals surface area contributed by atoms with E-state index in [1.54, 1.807) is 28.3 Å². The zero-order valence-electron chi connectivity index (χ0n) is 34.8. The number of hydrogen-bond acceptors (Lipinski definition) is 15. The van der Waals surface area contributed by atoms with E-state index in [9.17, 15) is 15.3 Å². The van der Waals surface area contributed by atoms with Crippen LogP contribution in [0.3, 0.4) is 0 Å². The van der Waals surface area contributed by atoms with Gasteiger partial charge < -0.3 is 72.2 Å². The van der Waals surface area contributed by atoms with E-state index in [-0.39, 0.29) is 47.6 Å². The Hall–Kier alpha value is -0.860. The quantitative estimate of drug-likeness (QED) is 0.290. The summed E-state index contributed by atoms with van der Waals surface area (Å²) in [5.74, 6) is -1.92. The van der Waals surface area contributed by atoms with Gasteiger partial charge >= 0.3 is 0 Å². The smallest absolute Gasteiger partial charge is 0.177 e. The van der Waals surface area contributed by atoms with Gasteiger partial charge in [-0.2, -0.15) is 0 Å². The molecule has 0 amide bonds. The Labute approximate surface area is 336 Å². The molecule has 1 spiro atoms. The summed E-state index contributed by atoms with van der Waals surface area (Å²) in [7, 11) is 4.89. The second-order valence-electron chi connectivity index (χ2n) is 18.9. The Morgan fingerprint density at radius 2 is 1.33 bits per heavy atom. The van der Waals surface area contributed by atoms with Crippen molar-refractivity contribution in [2.45, 2.75) is 190 Å². The molecule has 6 aliphatic heterocycles. The van der Waals surface area contributed by atoms with Crippen LogP contribution >= 0.6 is 0 Å². The molecule has 0 aromatic heterocycles. The largest absolute Gasteiger partial charge is 0.390 e. The first-order valence-electron chi connectivity index (χ1n) is 21.4. The van der Waals surface area contributed by atoms with E-state index < -0.39 is 84.7 Å². The maximum absolute atomic E-state index is 12.5. The van der Waals surface area contributed by atoms with Gasteiger partial charge in [0.05, 0.1) is 79.5 Å².